The van der Waals surface area contributed by atoms with Crippen LogP contribution in [0.1, 0.15) is 20.3 Å². The molecule has 5 nitrogen and oxygen atoms in total. The highest BCUT2D eigenvalue weighted by Crippen LogP contribution is 2.11. The predicted octanol–water partition coefficient (Wildman–Crippen LogP) is 1.82. The first-order valence-electron chi connectivity index (χ1n) is 5.63. The first-order valence-corrected chi connectivity index (χ1v) is 6.04. The number of anilines is 1. The van der Waals surface area contributed by atoms with Crippen molar-refractivity contribution in [1.82, 2.24) is 14.8 Å². The largest absolute Gasteiger partial charge is 0.383 e. The third-order valence-electron chi connectivity index (χ3n) is 2.42. The molecule has 0 amide bonds. The average molecular weight is 244 g/mol. The van der Waals surface area contributed by atoms with E-state index in [2.05, 4.69) is 28.9 Å². The summed E-state index contributed by atoms with van der Waals surface area (Å²) >= 11 is 5.20. The van der Waals surface area contributed by atoms with Crippen molar-refractivity contribution in [3.8, 4) is 0 Å². The summed E-state index contributed by atoms with van der Waals surface area (Å²) in [6.45, 7) is 7.55. The van der Waals surface area contributed by atoms with Gasteiger partial charge < -0.3 is 9.64 Å². The molecule has 1 N–H and O–H groups in total. The fourth-order valence-electron chi connectivity index (χ4n) is 1.58. The number of aromatic amines is 1. The molecule has 1 aromatic rings. The summed E-state index contributed by atoms with van der Waals surface area (Å²) in [5.74, 6) is 0.909. The van der Waals surface area contributed by atoms with E-state index < -0.39 is 0 Å². The Labute approximate surface area is 101 Å². The summed E-state index contributed by atoms with van der Waals surface area (Å²) < 4.78 is 7.81. The smallest absolute Gasteiger partial charge is 0.225 e. The van der Waals surface area contributed by atoms with Gasteiger partial charge in [0.05, 0.1) is 6.61 Å². The summed E-state index contributed by atoms with van der Waals surface area (Å²) in [5.41, 5.74) is 0. The molecule has 1 aromatic heterocycles. The highest BCUT2D eigenvalue weighted by atomic mass is 32.1. The molecule has 1 rings (SSSR count). The van der Waals surface area contributed by atoms with Crippen molar-refractivity contribution in [2.24, 2.45) is 0 Å². The molecule has 92 valence electrons. The maximum Gasteiger partial charge on any atom is 0.225 e. The van der Waals surface area contributed by atoms with Crippen LogP contribution in [-0.2, 0) is 11.3 Å². The molecule has 1 heterocycles. The van der Waals surface area contributed by atoms with Crippen LogP contribution in [0.4, 0.5) is 5.95 Å². The third kappa shape index (κ3) is 3.05. The van der Waals surface area contributed by atoms with Crippen molar-refractivity contribution in [2.75, 3.05) is 31.7 Å². The Balaban J connectivity index is 2.86. The fraction of sp³-hybridized carbons (Fsp3) is 0.800. The lowest BCUT2D eigenvalue weighted by Crippen LogP contribution is -2.29. The molecule has 0 bridgehead atoms. The lowest BCUT2D eigenvalue weighted by Gasteiger charge is -2.21. The summed E-state index contributed by atoms with van der Waals surface area (Å²) in [4.78, 5) is 2.16. The number of likely N-dealkylation sites (N-methyl/N-ethyl adjacent to an activating group) is 1. The second kappa shape index (κ2) is 6.65. The number of nitrogens with one attached hydrogen (secondary N) is 1. The zero-order valence-corrected chi connectivity index (χ0v) is 11.0. The molecular formula is C10H20N4OS. The van der Waals surface area contributed by atoms with Gasteiger partial charge >= 0.3 is 0 Å². The van der Waals surface area contributed by atoms with E-state index in [4.69, 9.17) is 17.0 Å². The van der Waals surface area contributed by atoms with Crippen molar-refractivity contribution in [2.45, 2.75) is 26.8 Å². The first-order chi connectivity index (χ1) is 7.74. The molecule has 0 radical (unpaired) electrons. The SMILES string of the molecule is CCCn1c(N(CC)CCOC)n[nH]c1=S. The Morgan fingerprint density at radius 2 is 2.25 bits per heavy atom. The number of H-pyrrole nitrogens is 1. The predicted molar refractivity (Wildman–Crippen MR) is 67.5 cm³/mol. The van der Waals surface area contributed by atoms with Gasteiger partial charge in [-0.3, -0.25) is 4.57 Å². The van der Waals surface area contributed by atoms with E-state index in [1.807, 2.05) is 4.57 Å². The topological polar surface area (TPSA) is 46.1 Å². The van der Waals surface area contributed by atoms with Crippen molar-refractivity contribution < 1.29 is 4.74 Å². The molecule has 0 saturated carbocycles. The number of rotatable bonds is 7. The van der Waals surface area contributed by atoms with E-state index in [0.717, 1.165) is 32.0 Å². The number of hydrogen-bond acceptors (Lipinski definition) is 4. The molecule has 6 heteroatoms. The molecule has 0 unspecified atom stereocenters. The quantitative estimate of drug-likeness (QED) is 0.743. The van der Waals surface area contributed by atoms with Crippen LogP contribution in [0.5, 0.6) is 0 Å². The van der Waals surface area contributed by atoms with Crippen molar-refractivity contribution in [3.05, 3.63) is 4.77 Å². The number of aromatic nitrogens is 3. The van der Waals surface area contributed by atoms with Gasteiger partial charge in [0.1, 0.15) is 0 Å². The highest BCUT2D eigenvalue weighted by molar-refractivity contribution is 7.71. The van der Waals surface area contributed by atoms with E-state index in [0.29, 0.717) is 11.4 Å². The minimum atomic E-state index is 0.688. The number of hydrogen-bond donors (Lipinski definition) is 1. The third-order valence-corrected chi connectivity index (χ3v) is 2.73. The van der Waals surface area contributed by atoms with E-state index >= 15 is 0 Å². The average Bonchev–Trinajstić information content (AvgIpc) is 2.63. The van der Waals surface area contributed by atoms with E-state index in [1.54, 1.807) is 7.11 Å². The molecule has 0 aliphatic rings. The lowest BCUT2D eigenvalue weighted by molar-refractivity contribution is 0.205. The molecule has 0 atom stereocenters. The van der Waals surface area contributed by atoms with Crippen LogP contribution in [0, 0.1) is 4.77 Å². The van der Waals surface area contributed by atoms with Crippen LogP contribution in [0.2, 0.25) is 0 Å². The number of nitrogens with zero attached hydrogens (tertiary/aromatic N) is 3. The Bertz CT molecular complexity index is 360. The van der Waals surface area contributed by atoms with Gasteiger partial charge in [0.2, 0.25) is 5.95 Å². The van der Waals surface area contributed by atoms with Gasteiger partial charge in [-0.2, -0.15) is 0 Å². The van der Waals surface area contributed by atoms with Gasteiger partial charge in [-0.15, -0.1) is 5.10 Å². The van der Waals surface area contributed by atoms with Gasteiger partial charge in [-0.1, -0.05) is 6.92 Å². The maximum atomic E-state index is 5.20. The molecule has 0 aliphatic heterocycles. The van der Waals surface area contributed by atoms with E-state index in [-0.39, 0.29) is 0 Å². The van der Waals surface area contributed by atoms with Crippen molar-refractivity contribution in [1.29, 1.82) is 0 Å². The second-order valence-electron chi connectivity index (χ2n) is 3.55. The van der Waals surface area contributed by atoms with Gasteiger partial charge in [0.15, 0.2) is 4.77 Å². The molecule has 0 saturated heterocycles. The zero-order chi connectivity index (χ0) is 12.0. The molecule has 0 spiro atoms. The standard InChI is InChI=1S/C10H20N4OS/c1-4-6-14-9(11-12-10(14)16)13(5-2)7-8-15-3/h4-8H2,1-3H3,(H,12,16). The summed E-state index contributed by atoms with van der Waals surface area (Å²) in [6, 6.07) is 0. The van der Waals surface area contributed by atoms with Crippen LogP contribution >= 0.6 is 12.2 Å². The van der Waals surface area contributed by atoms with Crippen LogP contribution in [0.15, 0.2) is 0 Å². The summed E-state index contributed by atoms with van der Waals surface area (Å²) in [7, 11) is 1.71. The van der Waals surface area contributed by atoms with Gasteiger partial charge in [-0.05, 0) is 25.6 Å². The van der Waals surface area contributed by atoms with E-state index in [1.165, 1.54) is 0 Å². The van der Waals surface area contributed by atoms with Crippen molar-refractivity contribution in [3.63, 3.8) is 0 Å². The fourth-order valence-corrected chi connectivity index (χ4v) is 1.80. The lowest BCUT2D eigenvalue weighted by atomic mass is 10.4. The normalized spacial score (nSPS) is 10.7. The molecule has 0 aromatic carbocycles. The minimum Gasteiger partial charge on any atom is -0.383 e. The Kier molecular flexibility index (Phi) is 5.48. The Hall–Kier alpha value is -0.880. The van der Waals surface area contributed by atoms with Gasteiger partial charge in [-0.25, -0.2) is 5.10 Å². The Morgan fingerprint density at radius 3 is 2.81 bits per heavy atom. The molecule has 0 fully saturated rings. The monoisotopic (exact) mass is 244 g/mol. The van der Waals surface area contributed by atoms with Crippen LogP contribution in [0.3, 0.4) is 0 Å². The Morgan fingerprint density at radius 1 is 1.50 bits per heavy atom. The summed E-state index contributed by atoms with van der Waals surface area (Å²) in [6.07, 6.45) is 1.04. The number of ether oxygens (including phenoxy) is 1. The number of methoxy groups -OCH3 is 1. The van der Waals surface area contributed by atoms with Crippen molar-refractivity contribution >= 4 is 18.2 Å². The molecular weight excluding hydrogens is 224 g/mol. The molecule has 16 heavy (non-hydrogen) atoms. The van der Waals surface area contributed by atoms with E-state index in [9.17, 15) is 0 Å². The van der Waals surface area contributed by atoms with Crippen LogP contribution in [-0.4, -0.2) is 41.6 Å². The van der Waals surface area contributed by atoms with Crippen LogP contribution < -0.4 is 4.90 Å². The second-order valence-corrected chi connectivity index (χ2v) is 3.94. The van der Waals surface area contributed by atoms with Gasteiger partial charge in [0, 0.05) is 26.7 Å². The first kappa shape index (κ1) is 13.2. The molecule has 0 aliphatic carbocycles. The highest BCUT2D eigenvalue weighted by Gasteiger charge is 2.12. The zero-order valence-electron chi connectivity index (χ0n) is 10.2. The van der Waals surface area contributed by atoms with Gasteiger partial charge in [0.25, 0.3) is 0 Å². The van der Waals surface area contributed by atoms with Crippen LogP contribution in [0.25, 0.3) is 0 Å². The minimum absolute atomic E-state index is 0.688. The summed E-state index contributed by atoms with van der Waals surface area (Å²) in [5, 5.41) is 7.12. The maximum absolute atomic E-state index is 5.20.